The first-order valence-electron chi connectivity index (χ1n) is 8.37. The number of carbonyl (C=O) groups is 1. The van der Waals surface area contributed by atoms with E-state index in [1.54, 1.807) is 17.5 Å². The summed E-state index contributed by atoms with van der Waals surface area (Å²) in [6.07, 6.45) is 5.19. The molecule has 6 heteroatoms. The number of fused-ring (bicyclic) bond motifs is 1. The predicted octanol–water partition coefficient (Wildman–Crippen LogP) is 3.48. The third-order valence-electron chi connectivity index (χ3n) is 4.50. The normalized spacial score (nSPS) is 15.1. The van der Waals surface area contributed by atoms with E-state index in [2.05, 4.69) is 21.5 Å². The number of rotatable bonds is 3. The molecule has 5 nitrogen and oxygen atoms in total. The first-order valence-corrected chi connectivity index (χ1v) is 9.25. The van der Waals surface area contributed by atoms with Crippen LogP contribution in [0, 0.1) is 6.92 Å². The lowest BCUT2D eigenvalue weighted by Crippen LogP contribution is -2.35. The van der Waals surface area contributed by atoms with E-state index in [4.69, 9.17) is 0 Å². The summed E-state index contributed by atoms with van der Waals surface area (Å²) in [5.74, 6) is 0.112. The van der Waals surface area contributed by atoms with Crippen LogP contribution in [0.4, 0.5) is 0 Å². The summed E-state index contributed by atoms with van der Waals surface area (Å²) >= 11 is 1.70. The van der Waals surface area contributed by atoms with Crippen molar-refractivity contribution in [3.63, 3.8) is 0 Å². The molecule has 0 aromatic carbocycles. The van der Waals surface area contributed by atoms with E-state index in [1.807, 2.05) is 28.6 Å². The third-order valence-corrected chi connectivity index (χ3v) is 5.36. The van der Waals surface area contributed by atoms with E-state index in [0.717, 1.165) is 48.2 Å². The maximum absolute atomic E-state index is 13.0. The van der Waals surface area contributed by atoms with Gasteiger partial charge in [0.1, 0.15) is 0 Å². The van der Waals surface area contributed by atoms with Gasteiger partial charge in [-0.2, -0.15) is 5.10 Å². The first kappa shape index (κ1) is 15.3. The molecular formula is C18H20N4OS. The van der Waals surface area contributed by atoms with Crippen molar-refractivity contribution in [2.24, 2.45) is 0 Å². The summed E-state index contributed by atoms with van der Waals surface area (Å²) < 4.78 is 1.89. The summed E-state index contributed by atoms with van der Waals surface area (Å²) in [6, 6.07) is 6.03. The van der Waals surface area contributed by atoms with Crippen molar-refractivity contribution in [3.8, 4) is 0 Å². The van der Waals surface area contributed by atoms with Crippen molar-refractivity contribution >= 4 is 28.3 Å². The highest BCUT2D eigenvalue weighted by Gasteiger charge is 2.22. The summed E-state index contributed by atoms with van der Waals surface area (Å²) in [4.78, 5) is 20.8. The SMILES string of the molecule is Cc1cc(C(=O)N2CCCCC2)c2cnn(Cc3cccs3)c2n1. The van der Waals surface area contributed by atoms with Crippen molar-refractivity contribution in [1.29, 1.82) is 0 Å². The van der Waals surface area contributed by atoms with Gasteiger partial charge in [-0.15, -0.1) is 11.3 Å². The lowest BCUT2D eigenvalue weighted by Gasteiger charge is -2.27. The highest BCUT2D eigenvalue weighted by Crippen LogP contribution is 2.23. The molecule has 1 aliphatic heterocycles. The van der Waals surface area contributed by atoms with Gasteiger partial charge >= 0.3 is 0 Å². The molecule has 1 amide bonds. The van der Waals surface area contributed by atoms with Crippen LogP contribution < -0.4 is 0 Å². The molecule has 3 aromatic rings. The van der Waals surface area contributed by atoms with Crippen LogP contribution in [0.25, 0.3) is 11.0 Å². The molecule has 0 aliphatic carbocycles. The highest BCUT2D eigenvalue weighted by molar-refractivity contribution is 7.09. The van der Waals surface area contributed by atoms with E-state index in [-0.39, 0.29) is 5.91 Å². The number of thiophene rings is 1. The lowest BCUT2D eigenvalue weighted by molar-refractivity contribution is 0.0726. The largest absolute Gasteiger partial charge is 0.339 e. The van der Waals surface area contributed by atoms with Gasteiger partial charge in [0.2, 0.25) is 0 Å². The summed E-state index contributed by atoms with van der Waals surface area (Å²) in [7, 11) is 0. The van der Waals surface area contributed by atoms with E-state index in [1.165, 1.54) is 11.3 Å². The number of carbonyl (C=O) groups excluding carboxylic acids is 1. The molecule has 0 unspecified atom stereocenters. The van der Waals surface area contributed by atoms with Gasteiger partial charge in [0.25, 0.3) is 5.91 Å². The number of nitrogens with zero attached hydrogens (tertiary/aromatic N) is 4. The van der Waals surface area contributed by atoms with Crippen LogP contribution in [-0.2, 0) is 6.54 Å². The Bertz CT molecular complexity index is 863. The molecule has 4 heterocycles. The number of pyridine rings is 1. The fourth-order valence-corrected chi connectivity index (χ4v) is 3.97. The number of likely N-dealkylation sites (tertiary alicyclic amines) is 1. The molecular weight excluding hydrogens is 320 g/mol. The molecule has 3 aromatic heterocycles. The van der Waals surface area contributed by atoms with Crippen LogP contribution in [0.3, 0.4) is 0 Å². The molecule has 1 aliphatic rings. The van der Waals surface area contributed by atoms with Gasteiger partial charge in [0, 0.05) is 23.7 Å². The molecule has 0 spiro atoms. The maximum atomic E-state index is 13.0. The van der Waals surface area contributed by atoms with Gasteiger partial charge in [-0.1, -0.05) is 6.07 Å². The fourth-order valence-electron chi connectivity index (χ4n) is 3.28. The van der Waals surface area contributed by atoms with Crippen molar-refractivity contribution in [2.75, 3.05) is 13.1 Å². The second-order valence-corrected chi connectivity index (χ2v) is 7.32. The molecule has 24 heavy (non-hydrogen) atoms. The molecule has 0 N–H and O–H groups in total. The molecule has 1 fully saturated rings. The topological polar surface area (TPSA) is 51.0 Å². The van der Waals surface area contributed by atoms with Gasteiger partial charge in [-0.3, -0.25) is 4.79 Å². The Morgan fingerprint density at radius 3 is 2.88 bits per heavy atom. The van der Waals surface area contributed by atoms with E-state index in [0.29, 0.717) is 6.54 Å². The van der Waals surface area contributed by atoms with Crippen LogP contribution in [0.1, 0.15) is 40.2 Å². The Morgan fingerprint density at radius 1 is 1.29 bits per heavy atom. The quantitative estimate of drug-likeness (QED) is 0.733. The Hall–Kier alpha value is -2.21. The third kappa shape index (κ3) is 2.82. The molecule has 124 valence electrons. The Kier molecular flexibility index (Phi) is 4.06. The Balaban J connectivity index is 1.73. The second kappa shape index (κ2) is 6.36. The second-order valence-electron chi connectivity index (χ2n) is 6.28. The van der Waals surface area contributed by atoms with Crippen molar-refractivity contribution in [2.45, 2.75) is 32.7 Å². The van der Waals surface area contributed by atoms with E-state index >= 15 is 0 Å². The fraction of sp³-hybridized carbons (Fsp3) is 0.389. The number of aromatic nitrogens is 3. The number of aryl methyl sites for hydroxylation is 1. The summed E-state index contributed by atoms with van der Waals surface area (Å²) in [5, 5.41) is 7.40. The van der Waals surface area contributed by atoms with Gasteiger partial charge in [0.05, 0.1) is 23.7 Å². The standard InChI is InChI=1S/C18H20N4OS/c1-13-10-15(18(23)21-7-3-2-4-8-21)16-11-19-22(17(16)20-13)12-14-6-5-9-24-14/h5-6,9-11H,2-4,7-8,12H2,1H3. The van der Waals surface area contributed by atoms with Crippen molar-refractivity contribution in [3.05, 3.63) is 45.9 Å². The minimum atomic E-state index is 0.112. The van der Waals surface area contributed by atoms with Crippen molar-refractivity contribution < 1.29 is 4.79 Å². The summed E-state index contributed by atoms with van der Waals surface area (Å²) in [5.41, 5.74) is 2.39. The zero-order valence-electron chi connectivity index (χ0n) is 13.7. The van der Waals surface area contributed by atoms with Crippen LogP contribution in [0.2, 0.25) is 0 Å². The Morgan fingerprint density at radius 2 is 2.12 bits per heavy atom. The first-order chi connectivity index (χ1) is 11.7. The monoisotopic (exact) mass is 340 g/mol. The zero-order chi connectivity index (χ0) is 16.5. The predicted molar refractivity (Wildman–Crippen MR) is 95.4 cm³/mol. The molecule has 0 saturated carbocycles. The van der Waals surface area contributed by atoms with Gasteiger partial charge < -0.3 is 4.90 Å². The molecule has 0 radical (unpaired) electrons. The molecule has 0 atom stereocenters. The Labute approximate surface area is 144 Å². The lowest BCUT2D eigenvalue weighted by atomic mass is 10.1. The van der Waals surface area contributed by atoms with Gasteiger partial charge in [-0.25, -0.2) is 9.67 Å². The smallest absolute Gasteiger partial charge is 0.254 e. The van der Waals surface area contributed by atoms with Crippen LogP contribution in [0.15, 0.2) is 29.8 Å². The molecule has 1 saturated heterocycles. The number of piperidine rings is 1. The maximum Gasteiger partial charge on any atom is 0.254 e. The number of hydrogen-bond acceptors (Lipinski definition) is 4. The summed E-state index contributed by atoms with van der Waals surface area (Å²) in [6.45, 7) is 4.33. The minimum absolute atomic E-state index is 0.112. The average molecular weight is 340 g/mol. The van der Waals surface area contributed by atoms with Crippen LogP contribution in [-0.4, -0.2) is 38.7 Å². The minimum Gasteiger partial charge on any atom is -0.339 e. The number of hydrogen-bond donors (Lipinski definition) is 0. The van der Waals surface area contributed by atoms with Gasteiger partial charge in [-0.05, 0) is 43.7 Å². The number of amides is 1. The van der Waals surface area contributed by atoms with E-state index in [9.17, 15) is 4.79 Å². The molecule has 0 bridgehead atoms. The van der Waals surface area contributed by atoms with Crippen LogP contribution >= 0.6 is 11.3 Å². The average Bonchev–Trinajstić information content (AvgIpc) is 3.25. The molecule has 4 rings (SSSR count). The van der Waals surface area contributed by atoms with Crippen LogP contribution in [0.5, 0.6) is 0 Å². The zero-order valence-corrected chi connectivity index (χ0v) is 14.6. The van der Waals surface area contributed by atoms with Crippen molar-refractivity contribution in [1.82, 2.24) is 19.7 Å². The highest BCUT2D eigenvalue weighted by atomic mass is 32.1. The van der Waals surface area contributed by atoms with Gasteiger partial charge in [0.15, 0.2) is 5.65 Å². The van der Waals surface area contributed by atoms with E-state index < -0.39 is 0 Å².